The minimum absolute atomic E-state index is 0.284. The summed E-state index contributed by atoms with van der Waals surface area (Å²) < 4.78 is 10.4. The summed E-state index contributed by atoms with van der Waals surface area (Å²) >= 11 is 0. The summed E-state index contributed by atoms with van der Waals surface area (Å²) in [7, 11) is 3.01. The topological polar surface area (TPSA) is 89.0 Å². The smallest absolute Gasteiger partial charge is 0.273 e. The van der Waals surface area contributed by atoms with Crippen LogP contribution in [0.15, 0.2) is 71.8 Å². The van der Waals surface area contributed by atoms with Gasteiger partial charge in [0.2, 0.25) is 0 Å². The van der Waals surface area contributed by atoms with E-state index >= 15 is 0 Å². The number of carbonyl (C=O) groups is 2. The fourth-order valence-corrected chi connectivity index (χ4v) is 2.80. The van der Waals surface area contributed by atoms with Crippen LogP contribution < -0.4 is 20.2 Å². The molecule has 0 atom stereocenters. The predicted octanol–water partition coefficient (Wildman–Crippen LogP) is 4.03. The summed E-state index contributed by atoms with van der Waals surface area (Å²) in [6.45, 7) is 2.00. The zero-order valence-corrected chi connectivity index (χ0v) is 17.5. The molecule has 158 valence electrons. The van der Waals surface area contributed by atoms with Crippen molar-refractivity contribution in [2.24, 2.45) is 5.10 Å². The SMILES string of the molecule is COc1cc(OC)cc(C(=O)Nc2ccccc2C(=O)NN=Cc2ccc(C)cc2)c1. The zero-order valence-electron chi connectivity index (χ0n) is 17.5. The van der Waals surface area contributed by atoms with Gasteiger partial charge in [-0.1, -0.05) is 42.0 Å². The van der Waals surface area contributed by atoms with E-state index in [1.165, 1.54) is 14.2 Å². The molecule has 0 radical (unpaired) electrons. The number of methoxy groups -OCH3 is 2. The molecular weight excluding hydrogens is 394 g/mol. The number of carbonyl (C=O) groups excluding carboxylic acids is 2. The molecule has 7 heteroatoms. The van der Waals surface area contributed by atoms with Crippen LogP contribution in [0, 0.1) is 6.92 Å². The van der Waals surface area contributed by atoms with E-state index < -0.39 is 11.8 Å². The van der Waals surface area contributed by atoms with Crippen LogP contribution in [0.1, 0.15) is 31.8 Å². The Morgan fingerprint density at radius 2 is 1.52 bits per heavy atom. The summed E-state index contributed by atoms with van der Waals surface area (Å²) in [5, 5.41) is 6.76. The Bertz CT molecular complexity index is 1090. The van der Waals surface area contributed by atoms with Gasteiger partial charge in [0, 0.05) is 11.6 Å². The summed E-state index contributed by atoms with van der Waals surface area (Å²) in [4.78, 5) is 25.4. The number of aryl methyl sites for hydroxylation is 1. The third kappa shape index (κ3) is 5.70. The number of rotatable bonds is 7. The maximum absolute atomic E-state index is 12.8. The molecule has 0 spiro atoms. The van der Waals surface area contributed by atoms with Crippen LogP contribution in [0.3, 0.4) is 0 Å². The Morgan fingerprint density at radius 1 is 0.871 bits per heavy atom. The van der Waals surface area contributed by atoms with E-state index in [1.54, 1.807) is 48.7 Å². The van der Waals surface area contributed by atoms with Crippen molar-refractivity contribution in [3.05, 3.63) is 89.0 Å². The molecule has 0 saturated heterocycles. The molecule has 0 heterocycles. The molecule has 0 aliphatic heterocycles. The van der Waals surface area contributed by atoms with Crippen LogP contribution >= 0.6 is 0 Å². The Kier molecular flexibility index (Phi) is 7.01. The first-order valence-electron chi connectivity index (χ1n) is 9.53. The highest BCUT2D eigenvalue weighted by Crippen LogP contribution is 2.24. The van der Waals surface area contributed by atoms with Gasteiger partial charge in [-0.05, 0) is 36.8 Å². The van der Waals surface area contributed by atoms with Crippen LogP contribution in [0.25, 0.3) is 0 Å². The Balaban J connectivity index is 1.74. The lowest BCUT2D eigenvalue weighted by atomic mass is 10.1. The second kappa shape index (κ2) is 10.1. The Hall–Kier alpha value is -4.13. The quantitative estimate of drug-likeness (QED) is 0.449. The second-order valence-electron chi connectivity index (χ2n) is 6.71. The molecule has 7 nitrogen and oxygen atoms in total. The number of benzene rings is 3. The molecule has 31 heavy (non-hydrogen) atoms. The number of para-hydroxylation sites is 1. The molecule has 0 unspecified atom stereocenters. The molecule has 0 saturated carbocycles. The van der Waals surface area contributed by atoms with Gasteiger partial charge in [-0.3, -0.25) is 9.59 Å². The minimum Gasteiger partial charge on any atom is -0.497 e. The van der Waals surface area contributed by atoms with E-state index in [0.717, 1.165) is 11.1 Å². The number of nitrogens with one attached hydrogen (secondary N) is 2. The second-order valence-corrected chi connectivity index (χ2v) is 6.71. The largest absolute Gasteiger partial charge is 0.497 e. The van der Waals surface area contributed by atoms with Crippen molar-refractivity contribution < 1.29 is 19.1 Å². The van der Waals surface area contributed by atoms with Crippen molar-refractivity contribution in [3.8, 4) is 11.5 Å². The van der Waals surface area contributed by atoms with E-state index in [1.807, 2.05) is 31.2 Å². The van der Waals surface area contributed by atoms with Crippen LogP contribution in [0.5, 0.6) is 11.5 Å². The monoisotopic (exact) mass is 417 g/mol. The van der Waals surface area contributed by atoms with Crippen LogP contribution in [0.2, 0.25) is 0 Å². The summed E-state index contributed by atoms with van der Waals surface area (Å²) in [6.07, 6.45) is 1.56. The Morgan fingerprint density at radius 3 is 2.16 bits per heavy atom. The standard InChI is InChI=1S/C24H23N3O4/c1-16-8-10-17(11-9-16)15-25-27-24(29)21-6-4-5-7-22(21)26-23(28)18-12-19(30-2)14-20(13-18)31-3/h4-15H,1-3H3,(H,26,28)(H,27,29). The number of amides is 2. The van der Waals surface area contributed by atoms with Crippen molar-refractivity contribution in [1.29, 1.82) is 0 Å². The van der Waals surface area contributed by atoms with Gasteiger partial charge in [0.05, 0.1) is 31.7 Å². The normalized spacial score (nSPS) is 10.5. The highest BCUT2D eigenvalue weighted by atomic mass is 16.5. The molecule has 3 aromatic carbocycles. The lowest BCUT2D eigenvalue weighted by molar-refractivity contribution is 0.0956. The molecule has 0 fully saturated rings. The molecule has 0 aromatic heterocycles. The van der Waals surface area contributed by atoms with E-state index in [2.05, 4.69) is 15.8 Å². The van der Waals surface area contributed by atoms with Crippen molar-refractivity contribution in [2.75, 3.05) is 19.5 Å². The van der Waals surface area contributed by atoms with Gasteiger partial charge in [-0.15, -0.1) is 0 Å². The lowest BCUT2D eigenvalue weighted by Gasteiger charge is -2.12. The van der Waals surface area contributed by atoms with Gasteiger partial charge in [0.25, 0.3) is 11.8 Å². The van der Waals surface area contributed by atoms with E-state index in [4.69, 9.17) is 9.47 Å². The molecule has 0 aliphatic carbocycles. The van der Waals surface area contributed by atoms with Gasteiger partial charge in [-0.2, -0.15) is 5.10 Å². The molecule has 2 amide bonds. The Labute approximate surface area is 180 Å². The molecule has 0 aliphatic rings. The van der Waals surface area contributed by atoms with Crippen LogP contribution in [-0.4, -0.2) is 32.2 Å². The third-order valence-electron chi connectivity index (χ3n) is 4.49. The van der Waals surface area contributed by atoms with Gasteiger partial charge < -0.3 is 14.8 Å². The summed E-state index contributed by atoms with van der Waals surface area (Å²) in [6, 6.07) is 19.3. The summed E-state index contributed by atoms with van der Waals surface area (Å²) in [5.74, 6) is 0.130. The number of hydrogen-bond donors (Lipinski definition) is 2. The fourth-order valence-electron chi connectivity index (χ4n) is 2.80. The zero-order chi connectivity index (χ0) is 22.2. The average molecular weight is 417 g/mol. The predicted molar refractivity (Wildman–Crippen MR) is 120 cm³/mol. The van der Waals surface area contributed by atoms with Crippen molar-refractivity contribution in [3.63, 3.8) is 0 Å². The highest BCUT2D eigenvalue weighted by molar-refractivity contribution is 6.09. The van der Waals surface area contributed by atoms with E-state index in [-0.39, 0.29) is 5.56 Å². The first-order valence-corrected chi connectivity index (χ1v) is 9.53. The van der Waals surface area contributed by atoms with Crippen molar-refractivity contribution in [1.82, 2.24) is 5.43 Å². The fraction of sp³-hybridized carbons (Fsp3) is 0.125. The number of hydrogen-bond acceptors (Lipinski definition) is 5. The molecule has 0 bridgehead atoms. The number of ether oxygens (including phenoxy) is 2. The minimum atomic E-state index is -0.442. The first-order chi connectivity index (χ1) is 15.0. The van der Waals surface area contributed by atoms with Gasteiger partial charge in [0.1, 0.15) is 11.5 Å². The van der Waals surface area contributed by atoms with Gasteiger partial charge in [-0.25, -0.2) is 5.43 Å². The maximum Gasteiger partial charge on any atom is 0.273 e. The lowest BCUT2D eigenvalue weighted by Crippen LogP contribution is -2.21. The van der Waals surface area contributed by atoms with E-state index in [9.17, 15) is 9.59 Å². The molecule has 2 N–H and O–H groups in total. The first kappa shape index (κ1) is 21.6. The van der Waals surface area contributed by atoms with Gasteiger partial charge in [0.15, 0.2) is 0 Å². The van der Waals surface area contributed by atoms with Crippen molar-refractivity contribution >= 4 is 23.7 Å². The number of anilines is 1. The molecule has 3 aromatic rings. The van der Waals surface area contributed by atoms with Crippen molar-refractivity contribution in [2.45, 2.75) is 6.92 Å². The maximum atomic E-state index is 12.8. The third-order valence-corrected chi connectivity index (χ3v) is 4.49. The molecule has 3 rings (SSSR count). The van der Waals surface area contributed by atoms with Crippen LogP contribution in [-0.2, 0) is 0 Å². The highest BCUT2D eigenvalue weighted by Gasteiger charge is 2.15. The number of nitrogens with zero attached hydrogens (tertiary/aromatic N) is 1. The van der Waals surface area contributed by atoms with Gasteiger partial charge >= 0.3 is 0 Å². The molecular formula is C24H23N3O4. The average Bonchev–Trinajstić information content (AvgIpc) is 2.80. The van der Waals surface area contributed by atoms with E-state index in [0.29, 0.717) is 22.7 Å². The van der Waals surface area contributed by atoms with Crippen LogP contribution in [0.4, 0.5) is 5.69 Å². The summed E-state index contributed by atoms with van der Waals surface area (Å²) in [5.41, 5.74) is 5.47. The number of hydrazone groups is 1.